The summed E-state index contributed by atoms with van der Waals surface area (Å²) >= 11 is 3.38. The van der Waals surface area contributed by atoms with Gasteiger partial charge in [0.15, 0.2) is 0 Å². The summed E-state index contributed by atoms with van der Waals surface area (Å²) < 4.78 is 0. The molecule has 0 N–H and O–H groups in total. The summed E-state index contributed by atoms with van der Waals surface area (Å²) in [6, 6.07) is 18.5. The van der Waals surface area contributed by atoms with Gasteiger partial charge in [-0.25, -0.2) is 0 Å². The van der Waals surface area contributed by atoms with E-state index in [1.807, 2.05) is 41.3 Å². The summed E-state index contributed by atoms with van der Waals surface area (Å²) in [5.41, 5.74) is 7.06. The van der Waals surface area contributed by atoms with E-state index in [1.54, 1.807) is 23.5 Å². The molecule has 142 valence electrons. The maximum atomic E-state index is 13.4. The fourth-order valence-corrected chi connectivity index (χ4v) is 5.78. The largest absolute Gasteiger partial charge is 0.278 e. The number of aryl methyl sites for hydroxylation is 2. The van der Waals surface area contributed by atoms with Crippen LogP contribution in [0, 0.1) is 27.7 Å². The van der Waals surface area contributed by atoms with Crippen LogP contribution in [0.4, 0.5) is 11.4 Å². The van der Waals surface area contributed by atoms with Gasteiger partial charge in [-0.2, -0.15) is 0 Å². The Kier molecular flexibility index (Phi) is 5.26. The summed E-state index contributed by atoms with van der Waals surface area (Å²) in [5.74, 6) is 0.529. The van der Waals surface area contributed by atoms with Gasteiger partial charge in [-0.1, -0.05) is 42.1 Å². The van der Waals surface area contributed by atoms with Crippen LogP contribution in [0.15, 0.2) is 69.3 Å². The van der Waals surface area contributed by atoms with E-state index in [4.69, 9.17) is 0 Å². The Morgan fingerprint density at radius 2 is 1.36 bits per heavy atom. The van der Waals surface area contributed by atoms with Gasteiger partial charge >= 0.3 is 0 Å². The lowest BCUT2D eigenvalue weighted by Crippen LogP contribution is -2.30. The van der Waals surface area contributed by atoms with Gasteiger partial charge in [0.05, 0.1) is 17.1 Å². The molecule has 0 aliphatic carbocycles. The van der Waals surface area contributed by atoms with E-state index in [2.05, 4.69) is 45.9 Å². The zero-order valence-electron chi connectivity index (χ0n) is 16.6. The van der Waals surface area contributed by atoms with Crippen LogP contribution in [0.2, 0.25) is 0 Å². The molecule has 4 rings (SSSR count). The van der Waals surface area contributed by atoms with Crippen molar-refractivity contribution in [3.8, 4) is 0 Å². The van der Waals surface area contributed by atoms with Crippen molar-refractivity contribution in [3.05, 3.63) is 76.9 Å². The number of hydrogen-bond acceptors (Lipinski definition) is 3. The quantitative estimate of drug-likeness (QED) is 0.445. The van der Waals surface area contributed by atoms with E-state index in [1.165, 1.54) is 27.1 Å². The van der Waals surface area contributed by atoms with Crippen LogP contribution >= 0.6 is 23.5 Å². The molecule has 1 aliphatic rings. The van der Waals surface area contributed by atoms with E-state index in [9.17, 15) is 4.79 Å². The first-order chi connectivity index (χ1) is 13.5. The molecule has 0 radical (unpaired) electrons. The molecule has 0 bridgehead atoms. The third-order valence-electron chi connectivity index (χ3n) is 5.32. The monoisotopic (exact) mass is 405 g/mol. The van der Waals surface area contributed by atoms with Crippen LogP contribution in [-0.4, -0.2) is 11.7 Å². The Labute approximate surface area is 175 Å². The Morgan fingerprint density at radius 1 is 0.857 bits per heavy atom. The molecule has 3 aromatic rings. The molecule has 1 amide bonds. The summed E-state index contributed by atoms with van der Waals surface area (Å²) in [7, 11) is 0. The summed E-state index contributed by atoms with van der Waals surface area (Å²) in [5, 5.41) is 0. The van der Waals surface area contributed by atoms with Gasteiger partial charge in [-0.05, 0) is 74.2 Å². The summed E-state index contributed by atoms with van der Waals surface area (Å²) in [4.78, 5) is 18.8. The fourth-order valence-electron chi connectivity index (χ4n) is 3.57. The zero-order chi connectivity index (χ0) is 19.8. The van der Waals surface area contributed by atoms with E-state index in [0.29, 0.717) is 5.75 Å². The summed E-state index contributed by atoms with van der Waals surface area (Å²) in [6.07, 6.45) is 0. The van der Waals surface area contributed by atoms with E-state index < -0.39 is 0 Å². The van der Waals surface area contributed by atoms with Gasteiger partial charge in [0.2, 0.25) is 5.91 Å². The number of anilines is 2. The first-order valence-electron chi connectivity index (χ1n) is 9.36. The molecule has 0 saturated heterocycles. The van der Waals surface area contributed by atoms with Crippen molar-refractivity contribution in [2.24, 2.45) is 0 Å². The van der Waals surface area contributed by atoms with Crippen molar-refractivity contribution in [1.29, 1.82) is 0 Å². The second kappa shape index (κ2) is 7.69. The molecule has 0 unspecified atom stereocenters. The van der Waals surface area contributed by atoms with Crippen LogP contribution < -0.4 is 4.90 Å². The van der Waals surface area contributed by atoms with Crippen molar-refractivity contribution in [2.75, 3.05) is 10.7 Å². The standard InChI is InChI=1S/C24H23NOS2/c1-15-13-16(2)18(4)24(17(15)3)27-14-23(26)25-19-9-5-7-11-21(19)28-22-12-8-6-10-20(22)25/h5-13H,14H2,1-4H3. The minimum absolute atomic E-state index is 0.114. The number of fused-ring (bicyclic) bond motifs is 2. The smallest absolute Gasteiger partial charge is 0.241 e. The first-order valence-corrected chi connectivity index (χ1v) is 11.2. The number of benzene rings is 3. The average molecular weight is 406 g/mol. The molecule has 0 spiro atoms. The van der Waals surface area contributed by atoms with E-state index in [-0.39, 0.29) is 5.91 Å². The zero-order valence-corrected chi connectivity index (χ0v) is 18.2. The average Bonchev–Trinajstić information content (AvgIpc) is 2.70. The second-order valence-electron chi connectivity index (χ2n) is 7.14. The molecule has 0 aromatic heterocycles. The molecule has 1 heterocycles. The van der Waals surface area contributed by atoms with Gasteiger partial charge in [-0.3, -0.25) is 9.69 Å². The minimum atomic E-state index is 0.114. The number of para-hydroxylation sites is 2. The number of carbonyl (C=O) groups is 1. The second-order valence-corrected chi connectivity index (χ2v) is 9.21. The minimum Gasteiger partial charge on any atom is -0.278 e. The Hall–Kier alpha value is -2.17. The lowest BCUT2D eigenvalue weighted by molar-refractivity contribution is -0.115. The molecule has 3 aromatic carbocycles. The Balaban J connectivity index is 1.67. The number of rotatable bonds is 3. The number of hydrogen-bond donors (Lipinski definition) is 0. The molecule has 2 nitrogen and oxygen atoms in total. The number of amides is 1. The predicted molar refractivity (Wildman–Crippen MR) is 120 cm³/mol. The normalized spacial score (nSPS) is 12.5. The molecule has 4 heteroatoms. The highest BCUT2D eigenvalue weighted by Gasteiger charge is 2.28. The van der Waals surface area contributed by atoms with E-state index in [0.717, 1.165) is 21.2 Å². The van der Waals surface area contributed by atoms with Gasteiger partial charge in [0, 0.05) is 14.7 Å². The van der Waals surface area contributed by atoms with Crippen molar-refractivity contribution < 1.29 is 4.79 Å². The van der Waals surface area contributed by atoms with Gasteiger partial charge in [0.25, 0.3) is 0 Å². The van der Waals surface area contributed by atoms with Gasteiger partial charge in [-0.15, -0.1) is 11.8 Å². The molecular weight excluding hydrogens is 382 g/mol. The highest BCUT2D eigenvalue weighted by molar-refractivity contribution is 8.00. The maximum Gasteiger partial charge on any atom is 0.241 e. The third-order valence-corrected chi connectivity index (χ3v) is 7.74. The molecule has 28 heavy (non-hydrogen) atoms. The van der Waals surface area contributed by atoms with Crippen LogP contribution in [0.1, 0.15) is 22.3 Å². The Bertz CT molecular complexity index is 1000. The van der Waals surface area contributed by atoms with Crippen molar-refractivity contribution >= 4 is 40.8 Å². The highest BCUT2D eigenvalue weighted by Crippen LogP contribution is 2.48. The maximum absolute atomic E-state index is 13.4. The van der Waals surface area contributed by atoms with Crippen LogP contribution in [0.25, 0.3) is 0 Å². The van der Waals surface area contributed by atoms with Crippen molar-refractivity contribution in [1.82, 2.24) is 0 Å². The highest BCUT2D eigenvalue weighted by atomic mass is 32.2. The topological polar surface area (TPSA) is 20.3 Å². The molecule has 0 atom stereocenters. The van der Waals surface area contributed by atoms with Gasteiger partial charge < -0.3 is 0 Å². The molecule has 1 aliphatic heterocycles. The lowest BCUT2D eigenvalue weighted by Gasteiger charge is -2.31. The molecule has 0 saturated carbocycles. The number of nitrogens with zero attached hydrogens (tertiary/aromatic N) is 1. The van der Waals surface area contributed by atoms with Crippen molar-refractivity contribution in [3.63, 3.8) is 0 Å². The van der Waals surface area contributed by atoms with Crippen LogP contribution in [0.5, 0.6) is 0 Å². The number of thioether (sulfide) groups is 1. The Morgan fingerprint density at radius 3 is 1.89 bits per heavy atom. The van der Waals surface area contributed by atoms with Gasteiger partial charge in [0.1, 0.15) is 0 Å². The van der Waals surface area contributed by atoms with Crippen LogP contribution in [-0.2, 0) is 4.79 Å². The molecule has 0 fully saturated rings. The third kappa shape index (κ3) is 3.36. The summed E-state index contributed by atoms with van der Waals surface area (Å²) in [6.45, 7) is 8.58. The SMILES string of the molecule is Cc1cc(C)c(C)c(SCC(=O)N2c3ccccc3Sc3ccccc32)c1C. The van der Waals surface area contributed by atoms with Crippen molar-refractivity contribution in [2.45, 2.75) is 42.4 Å². The number of carbonyl (C=O) groups excluding carboxylic acids is 1. The molecular formula is C24H23NOS2. The van der Waals surface area contributed by atoms with E-state index >= 15 is 0 Å². The van der Waals surface area contributed by atoms with Crippen LogP contribution in [0.3, 0.4) is 0 Å². The lowest BCUT2D eigenvalue weighted by atomic mass is 10.0. The predicted octanol–water partition coefficient (Wildman–Crippen LogP) is 6.84. The fraction of sp³-hybridized carbons (Fsp3) is 0.208. The first kappa shape index (κ1) is 19.2.